The lowest BCUT2D eigenvalue weighted by molar-refractivity contribution is -0.137. The Kier molecular flexibility index (Phi) is 7.89. The van der Waals surface area contributed by atoms with Crippen LogP contribution in [0.15, 0.2) is 35.8 Å². The molecule has 0 spiro atoms. The minimum Gasteiger partial charge on any atom is -0.490 e. The zero-order chi connectivity index (χ0) is 21.5. The van der Waals surface area contributed by atoms with E-state index in [1.54, 1.807) is 29.2 Å². The molecule has 160 valence electrons. The van der Waals surface area contributed by atoms with Gasteiger partial charge in [0.1, 0.15) is 4.32 Å². The second kappa shape index (κ2) is 10.6. The number of hydrogen-bond donors (Lipinski definition) is 0. The lowest BCUT2D eigenvalue weighted by Gasteiger charge is -2.26. The van der Waals surface area contributed by atoms with Crippen molar-refractivity contribution in [1.29, 1.82) is 0 Å². The van der Waals surface area contributed by atoms with Crippen molar-refractivity contribution < 1.29 is 23.8 Å². The van der Waals surface area contributed by atoms with E-state index in [1.165, 1.54) is 16.7 Å². The van der Waals surface area contributed by atoms with E-state index in [-0.39, 0.29) is 18.4 Å². The van der Waals surface area contributed by atoms with Crippen LogP contribution < -0.4 is 9.47 Å². The predicted octanol–water partition coefficient (Wildman–Crippen LogP) is 2.71. The molecule has 2 aliphatic heterocycles. The Morgan fingerprint density at radius 1 is 1.30 bits per heavy atom. The van der Waals surface area contributed by atoms with E-state index in [0.29, 0.717) is 60.2 Å². The Bertz CT molecular complexity index is 865. The highest BCUT2D eigenvalue weighted by molar-refractivity contribution is 8.26. The van der Waals surface area contributed by atoms with Gasteiger partial charge in [0.15, 0.2) is 18.1 Å². The van der Waals surface area contributed by atoms with Crippen LogP contribution in [0.5, 0.6) is 11.5 Å². The zero-order valence-electron chi connectivity index (χ0n) is 16.8. The van der Waals surface area contributed by atoms with Crippen molar-refractivity contribution >= 4 is 46.2 Å². The fourth-order valence-corrected chi connectivity index (χ4v) is 4.26. The number of amides is 2. The van der Waals surface area contributed by atoms with Gasteiger partial charge >= 0.3 is 0 Å². The van der Waals surface area contributed by atoms with Crippen LogP contribution in [0, 0.1) is 0 Å². The van der Waals surface area contributed by atoms with Gasteiger partial charge in [-0.05, 0) is 30.7 Å². The molecular weight excluding hydrogens is 424 g/mol. The molecule has 1 aromatic rings. The van der Waals surface area contributed by atoms with E-state index in [1.807, 2.05) is 13.0 Å². The highest BCUT2D eigenvalue weighted by atomic mass is 32.2. The lowest BCUT2D eigenvalue weighted by Crippen LogP contribution is -2.43. The first-order valence-corrected chi connectivity index (χ1v) is 10.9. The monoisotopic (exact) mass is 448 g/mol. The van der Waals surface area contributed by atoms with Crippen LogP contribution in [0.3, 0.4) is 0 Å². The van der Waals surface area contributed by atoms with E-state index < -0.39 is 0 Å². The van der Waals surface area contributed by atoms with Crippen molar-refractivity contribution in [2.75, 3.05) is 46.1 Å². The van der Waals surface area contributed by atoms with Gasteiger partial charge in [0.2, 0.25) is 0 Å². The quantitative estimate of drug-likeness (QED) is 0.344. The van der Waals surface area contributed by atoms with Gasteiger partial charge in [-0.3, -0.25) is 14.5 Å². The highest BCUT2D eigenvalue weighted by Gasteiger charge is 2.31. The summed E-state index contributed by atoms with van der Waals surface area (Å²) in [5, 5.41) is 0. The Morgan fingerprint density at radius 2 is 2.07 bits per heavy atom. The van der Waals surface area contributed by atoms with E-state index >= 15 is 0 Å². The largest absolute Gasteiger partial charge is 0.490 e. The maximum atomic E-state index is 12.5. The zero-order valence-corrected chi connectivity index (χ0v) is 18.4. The van der Waals surface area contributed by atoms with Crippen molar-refractivity contribution in [3.8, 4) is 11.5 Å². The number of nitrogens with zero attached hydrogens (tertiary/aromatic N) is 2. The molecule has 0 radical (unpaired) electrons. The van der Waals surface area contributed by atoms with Gasteiger partial charge in [-0.2, -0.15) is 0 Å². The molecule has 0 aliphatic carbocycles. The molecule has 0 atom stereocenters. The first-order valence-electron chi connectivity index (χ1n) is 9.65. The first-order chi connectivity index (χ1) is 14.5. The Morgan fingerprint density at radius 3 is 2.77 bits per heavy atom. The third-order valence-electron chi connectivity index (χ3n) is 4.47. The van der Waals surface area contributed by atoms with Gasteiger partial charge in [0.05, 0.1) is 24.7 Å². The van der Waals surface area contributed by atoms with Gasteiger partial charge in [0, 0.05) is 19.6 Å². The van der Waals surface area contributed by atoms with Gasteiger partial charge < -0.3 is 19.1 Å². The molecule has 9 heteroatoms. The standard InChI is InChI=1S/C21H24N2O5S2/c1-3-7-23-20(25)18(30-21(23)29)13-15-5-6-16(17(12-15)27-4-2)28-14-19(24)22-8-10-26-11-9-22/h3,5-6,12-13H,1,4,7-11,14H2,2H3/b18-13+. The molecule has 0 unspecified atom stereocenters. The van der Waals surface area contributed by atoms with E-state index in [4.69, 9.17) is 26.4 Å². The Hall–Kier alpha value is -2.36. The van der Waals surface area contributed by atoms with Crippen molar-refractivity contribution in [3.63, 3.8) is 0 Å². The SMILES string of the molecule is C=CCN1C(=O)/C(=C\c2ccc(OCC(=O)N3CCOCC3)c(OCC)c2)SC1=S. The number of ether oxygens (including phenoxy) is 3. The molecule has 2 aliphatic rings. The molecule has 2 saturated heterocycles. The lowest BCUT2D eigenvalue weighted by atomic mass is 10.2. The minimum absolute atomic E-state index is 0.0698. The summed E-state index contributed by atoms with van der Waals surface area (Å²) in [6.45, 7) is 8.52. The number of carbonyl (C=O) groups is 2. The molecule has 0 N–H and O–H groups in total. The normalized spacial score (nSPS) is 18.1. The van der Waals surface area contributed by atoms with Gasteiger partial charge in [-0.15, -0.1) is 6.58 Å². The number of thiocarbonyl (C=S) groups is 1. The van der Waals surface area contributed by atoms with Crippen molar-refractivity contribution in [3.05, 3.63) is 41.3 Å². The van der Waals surface area contributed by atoms with E-state index in [0.717, 1.165) is 5.56 Å². The van der Waals surface area contributed by atoms with Crippen LogP contribution >= 0.6 is 24.0 Å². The predicted molar refractivity (Wildman–Crippen MR) is 121 cm³/mol. The van der Waals surface area contributed by atoms with Crippen molar-refractivity contribution in [1.82, 2.24) is 9.80 Å². The molecule has 2 fully saturated rings. The summed E-state index contributed by atoms with van der Waals surface area (Å²) in [6.07, 6.45) is 3.42. The maximum absolute atomic E-state index is 12.5. The number of morpholine rings is 1. The minimum atomic E-state index is -0.140. The van der Waals surface area contributed by atoms with Crippen LogP contribution in [0.2, 0.25) is 0 Å². The average molecular weight is 449 g/mol. The molecule has 30 heavy (non-hydrogen) atoms. The second-order valence-electron chi connectivity index (χ2n) is 6.50. The molecule has 3 rings (SSSR count). The summed E-state index contributed by atoms with van der Waals surface area (Å²) in [5.41, 5.74) is 0.782. The van der Waals surface area contributed by atoms with Crippen LogP contribution in [0.4, 0.5) is 0 Å². The first kappa shape index (κ1) is 22.3. The van der Waals surface area contributed by atoms with Crippen LogP contribution in [-0.2, 0) is 14.3 Å². The fraction of sp³-hybridized carbons (Fsp3) is 0.381. The molecule has 2 amide bonds. The van der Waals surface area contributed by atoms with Gasteiger partial charge in [0.25, 0.3) is 11.8 Å². The smallest absolute Gasteiger partial charge is 0.266 e. The third kappa shape index (κ3) is 5.41. The fourth-order valence-electron chi connectivity index (χ4n) is 2.98. The number of thioether (sulfide) groups is 1. The summed E-state index contributed by atoms with van der Waals surface area (Å²) >= 11 is 6.53. The van der Waals surface area contributed by atoms with Crippen LogP contribution in [-0.4, -0.2) is 72.0 Å². The van der Waals surface area contributed by atoms with E-state index in [9.17, 15) is 9.59 Å². The summed E-state index contributed by atoms with van der Waals surface area (Å²) < 4.78 is 17.2. The number of carbonyl (C=O) groups excluding carboxylic acids is 2. The van der Waals surface area contributed by atoms with Gasteiger partial charge in [-0.25, -0.2) is 0 Å². The summed E-state index contributed by atoms with van der Waals surface area (Å²) in [6, 6.07) is 5.35. The molecular formula is C21H24N2O5S2. The van der Waals surface area contributed by atoms with Crippen LogP contribution in [0.1, 0.15) is 12.5 Å². The molecule has 1 aromatic carbocycles. The Labute approximate surface area is 185 Å². The highest BCUT2D eigenvalue weighted by Crippen LogP contribution is 2.34. The number of benzene rings is 1. The number of rotatable bonds is 8. The third-order valence-corrected chi connectivity index (χ3v) is 5.84. The average Bonchev–Trinajstić information content (AvgIpc) is 3.01. The van der Waals surface area contributed by atoms with E-state index in [2.05, 4.69) is 6.58 Å². The second-order valence-corrected chi connectivity index (χ2v) is 8.18. The Balaban J connectivity index is 1.71. The van der Waals surface area contributed by atoms with Gasteiger partial charge in [-0.1, -0.05) is 36.1 Å². The maximum Gasteiger partial charge on any atom is 0.266 e. The van der Waals surface area contributed by atoms with Crippen molar-refractivity contribution in [2.24, 2.45) is 0 Å². The topological polar surface area (TPSA) is 68.3 Å². The molecule has 0 aromatic heterocycles. The summed E-state index contributed by atoms with van der Waals surface area (Å²) in [5.74, 6) is 0.771. The molecule has 0 saturated carbocycles. The molecule has 0 bridgehead atoms. The van der Waals surface area contributed by atoms with Crippen LogP contribution in [0.25, 0.3) is 6.08 Å². The molecule has 2 heterocycles. The summed E-state index contributed by atoms with van der Waals surface area (Å²) in [7, 11) is 0. The van der Waals surface area contributed by atoms with Crippen molar-refractivity contribution in [2.45, 2.75) is 6.92 Å². The molecule has 7 nitrogen and oxygen atoms in total. The number of hydrogen-bond acceptors (Lipinski definition) is 7. The summed E-state index contributed by atoms with van der Waals surface area (Å²) in [4.78, 5) is 28.6.